The number of hydrogen-bond acceptors (Lipinski definition) is 2. The van der Waals surface area contributed by atoms with E-state index in [1.54, 1.807) is 0 Å². The standard InChI is InChI=1S/C15H22N2O/c1-15(2,3)10-17-14(18)13-8-11-6-4-5-7-12(11)9-16-13/h4-7,13,16H,8-10H2,1-3H3,(H,17,18). The summed E-state index contributed by atoms with van der Waals surface area (Å²) >= 11 is 0. The van der Waals surface area contributed by atoms with Gasteiger partial charge in [0.2, 0.25) is 5.91 Å². The molecule has 1 aliphatic rings. The normalized spacial score (nSPS) is 19.2. The summed E-state index contributed by atoms with van der Waals surface area (Å²) in [6.45, 7) is 7.86. The second-order valence-electron chi connectivity index (χ2n) is 6.18. The number of amides is 1. The number of benzene rings is 1. The molecule has 2 N–H and O–H groups in total. The van der Waals surface area contributed by atoms with Crippen LogP contribution in [0.1, 0.15) is 31.9 Å². The highest BCUT2D eigenvalue weighted by molar-refractivity contribution is 5.82. The predicted molar refractivity (Wildman–Crippen MR) is 73.2 cm³/mol. The van der Waals surface area contributed by atoms with Crippen LogP contribution in [0.2, 0.25) is 0 Å². The van der Waals surface area contributed by atoms with Crippen molar-refractivity contribution in [2.24, 2.45) is 5.41 Å². The van der Waals surface area contributed by atoms with E-state index in [9.17, 15) is 4.79 Å². The minimum absolute atomic E-state index is 0.0951. The summed E-state index contributed by atoms with van der Waals surface area (Å²) in [4.78, 5) is 12.1. The maximum atomic E-state index is 12.1. The first-order valence-corrected chi connectivity index (χ1v) is 6.53. The van der Waals surface area contributed by atoms with Gasteiger partial charge in [-0.15, -0.1) is 0 Å². The van der Waals surface area contributed by atoms with E-state index in [0.717, 1.165) is 13.0 Å². The molecule has 0 fully saturated rings. The highest BCUT2D eigenvalue weighted by atomic mass is 16.2. The zero-order valence-corrected chi connectivity index (χ0v) is 11.4. The van der Waals surface area contributed by atoms with Crippen LogP contribution in [0, 0.1) is 5.41 Å². The molecule has 0 aliphatic carbocycles. The van der Waals surface area contributed by atoms with Crippen molar-refractivity contribution in [1.29, 1.82) is 0 Å². The van der Waals surface area contributed by atoms with Crippen LogP contribution in [0.4, 0.5) is 0 Å². The fraction of sp³-hybridized carbons (Fsp3) is 0.533. The highest BCUT2D eigenvalue weighted by Crippen LogP contribution is 2.16. The molecule has 3 nitrogen and oxygen atoms in total. The van der Waals surface area contributed by atoms with Crippen molar-refractivity contribution >= 4 is 5.91 Å². The molecule has 1 aliphatic heterocycles. The van der Waals surface area contributed by atoms with Gasteiger partial charge in [0.05, 0.1) is 6.04 Å². The van der Waals surface area contributed by atoms with Crippen molar-refractivity contribution in [3.05, 3.63) is 35.4 Å². The Morgan fingerprint density at radius 3 is 2.67 bits per heavy atom. The van der Waals surface area contributed by atoms with Gasteiger partial charge in [0.15, 0.2) is 0 Å². The predicted octanol–water partition coefficient (Wildman–Crippen LogP) is 1.86. The molecular weight excluding hydrogens is 224 g/mol. The molecule has 98 valence electrons. The van der Waals surface area contributed by atoms with E-state index >= 15 is 0 Å². The lowest BCUT2D eigenvalue weighted by Gasteiger charge is -2.27. The first-order valence-electron chi connectivity index (χ1n) is 6.53. The summed E-state index contributed by atoms with van der Waals surface area (Å²) in [5, 5.41) is 6.32. The summed E-state index contributed by atoms with van der Waals surface area (Å²) in [5.41, 5.74) is 2.71. The average molecular weight is 246 g/mol. The van der Waals surface area contributed by atoms with Crippen LogP contribution in [0.5, 0.6) is 0 Å². The van der Waals surface area contributed by atoms with Gasteiger partial charge in [0.1, 0.15) is 0 Å². The SMILES string of the molecule is CC(C)(C)CNC(=O)C1Cc2ccccc2CN1. The van der Waals surface area contributed by atoms with E-state index < -0.39 is 0 Å². The Balaban J connectivity index is 1.95. The Labute approximate surface area is 109 Å². The number of hydrogen-bond donors (Lipinski definition) is 2. The number of rotatable bonds is 2. The minimum atomic E-state index is -0.0951. The molecule has 0 bridgehead atoms. The van der Waals surface area contributed by atoms with Crippen molar-refractivity contribution in [2.75, 3.05) is 6.54 Å². The Bertz CT molecular complexity index is 434. The number of fused-ring (bicyclic) bond motifs is 1. The fourth-order valence-electron chi connectivity index (χ4n) is 2.12. The Kier molecular flexibility index (Phi) is 3.71. The average Bonchev–Trinajstić information content (AvgIpc) is 2.34. The van der Waals surface area contributed by atoms with Crippen LogP contribution in [0.15, 0.2) is 24.3 Å². The maximum Gasteiger partial charge on any atom is 0.237 e. The van der Waals surface area contributed by atoms with Gasteiger partial charge in [0, 0.05) is 13.1 Å². The van der Waals surface area contributed by atoms with Crippen LogP contribution in [-0.4, -0.2) is 18.5 Å². The molecule has 1 atom stereocenters. The molecule has 3 heteroatoms. The maximum absolute atomic E-state index is 12.1. The second kappa shape index (κ2) is 5.11. The quantitative estimate of drug-likeness (QED) is 0.836. The highest BCUT2D eigenvalue weighted by Gasteiger charge is 2.24. The second-order valence-corrected chi connectivity index (χ2v) is 6.18. The lowest BCUT2D eigenvalue weighted by Crippen LogP contribution is -2.49. The van der Waals surface area contributed by atoms with Gasteiger partial charge in [-0.05, 0) is 23.0 Å². The Morgan fingerprint density at radius 2 is 2.00 bits per heavy atom. The first-order chi connectivity index (χ1) is 8.46. The zero-order valence-electron chi connectivity index (χ0n) is 11.4. The van der Waals surface area contributed by atoms with Gasteiger partial charge in [-0.3, -0.25) is 4.79 Å². The van der Waals surface area contributed by atoms with Gasteiger partial charge in [-0.25, -0.2) is 0 Å². The summed E-state index contributed by atoms with van der Waals surface area (Å²) in [7, 11) is 0. The van der Waals surface area contributed by atoms with Crippen LogP contribution < -0.4 is 10.6 Å². The van der Waals surface area contributed by atoms with Crippen molar-refractivity contribution in [1.82, 2.24) is 10.6 Å². The molecule has 1 heterocycles. The number of nitrogens with one attached hydrogen (secondary N) is 2. The molecule has 18 heavy (non-hydrogen) atoms. The third kappa shape index (κ3) is 3.33. The van der Waals surface area contributed by atoms with Gasteiger partial charge in [-0.1, -0.05) is 45.0 Å². The minimum Gasteiger partial charge on any atom is -0.354 e. The summed E-state index contributed by atoms with van der Waals surface area (Å²) in [6, 6.07) is 8.21. The molecule has 0 saturated heterocycles. The van der Waals surface area contributed by atoms with Gasteiger partial charge in [-0.2, -0.15) is 0 Å². The summed E-state index contributed by atoms with van der Waals surface area (Å²) in [6.07, 6.45) is 0.784. The molecule has 0 aromatic heterocycles. The summed E-state index contributed by atoms with van der Waals surface area (Å²) < 4.78 is 0. The van der Waals surface area contributed by atoms with E-state index in [-0.39, 0.29) is 17.4 Å². The van der Waals surface area contributed by atoms with Crippen molar-refractivity contribution in [3.63, 3.8) is 0 Å². The molecule has 1 unspecified atom stereocenters. The molecule has 1 aromatic rings. The monoisotopic (exact) mass is 246 g/mol. The van der Waals surface area contributed by atoms with Crippen LogP contribution in [0.25, 0.3) is 0 Å². The van der Waals surface area contributed by atoms with E-state index in [2.05, 4.69) is 43.5 Å². The molecule has 2 rings (SSSR count). The van der Waals surface area contributed by atoms with E-state index in [4.69, 9.17) is 0 Å². The lowest BCUT2D eigenvalue weighted by molar-refractivity contribution is -0.123. The van der Waals surface area contributed by atoms with Crippen molar-refractivity contribution in [3.8, 4) is 0 Å². The van der Waals surface area contributed by atoms with Gasteiger partial charge in [0.25, 0.3) is 0 Å². The third-order valence-corrected chi connectivity index (χ3v) is 3.19. The number of carbonyl (C=O) groups is 1. The largest absolute Gasteiger partial charge is 0.354 e. The van der Waals surface area contributed by atoms with E-state index in [1.807, 2.05) is 12.1 Å². The van der Waals surface area contributed by atoms with E-state index in [0.29, 0.717) is 6.54 Å². The lowest BCUT2D eigenvalue weighted by atomic mass is 9.94. The van der Waals surface area contributed by atoms with Crippen LogP contribution in [0.3, 0.4) is 0 Å². The molecule has 0 saturated carbocycles. The fourth-order valence-corrected chi connectivity index (χ4v) is 2.12. The topological polar surface area (TPSA) is 41.1 Å². The van der Waals surface area contributed by atoms with Crippen LogP contribution in [-0.2, 0) is 17.8 Å². The number of carbonyl (C=O) groups excluding carboxylic acids is 1. The van der Waals surface area contributed by atoms with Crippen LogP contribution >= 0.6 is 0 Å². The summed E-state index contributed by atoms with van der Waals surface area (Å²) in [5.74, 6) is 0.111. The Hall–Kier alpha value is -1.35. The third-order valence-electron chi connectivity index (χ3n) is 3.19. The zero-order chi connectivity index (χ0) is 13.2. The van der Waals surface area contributed by atoms with Crippen molar-refractivity contribution in [2.45, 2.75) is 39.8 Å². The molecular formula is C15H22N2O. The van der Waals surface area contributed by atoms with E-state index in [1.165, 1.54) is 11.1 Å². The van der Waals surface area contributed by atoms with Crippen molar-refractivity contribution < 1.29 is 4.79 Å². The van der Waals surface area contributed by atoms with Gasteiger partial charge >= 0.3 is 0 Å². The molecule has 0 radical (unpaired) electrons. The molecule has 1 amide bonds. The van der Waals surface area contributed by atoms with Gasteiger partial charge < -0.3 is 10.6 Å². The molecule has 1 aromatic carbocycles. The first kappa shape index (κ1) is 13.1. The Morgan fingerprint density at radius 1 is 1.33 bits per heavy atom. The molecule has 0 spiro atoms. The smallest absolute Gasteiger partial charge is 0.237 e.